The van der Waals surface area contributed by atoms with Gasteiger partial charge >= 0.3 is 0 Å². The summed E-state index contributed by atoms with van der Waals surface area (Å²) in [6, 6.07) is 20.3. The number of hydrazone groups is 1. The van der Waals surface area contributed by atoms with E-state index in [0.717, 1.165) is 21.0 Å². The van der Waals surface area contributed by atoms with Crippen molar-refractivity contribution in [2.75, 3.05) is 7.11 Å². The zero-order valence-corrected chi connectivity index (χ0v) is 22.1. The predicted molar refractivity (Wildman–Crippen MR) is 147 cm³/mol. The number of nitrogens with zero attached hydrogens (tertiary/aromatic N) is 2. The minimum Gasteiger partial charge on any atom is -0.497 e. The number of hydrogen-bond donors (Lipinski definition) is 1. The van der Waals surface area contributed by atoms with Crippen LogP contribution in [0.5, 0.6) is 5.75 Å². The van der Waals surface area contributed by atoms with Gasteiger partial charge < -0.3 is 9.72 Å². The lowest BCUT2D eigenvalue weighted by Gasteiger charge is -2.21. The van der Waals surface area contributed by atoms with Crippen LogP contribution in [-0.2, 0) is 4.79 Å². The molecule has 36 heavy (non-hydrogen) atoms. The summed E-state index contributed by atoms with van der Waals surface area (Å²) in [6.45, 7) is 1.80. The number of halogens is 2. The van der Waals surface area contributed by atoms with Crippen molar-refractivity contribution in [3.05, 3.63) is 97.7 Å². The Labute approximate surface area is 221 Å². The van der Waals surface area contributed by atoms with Gasteiger partial charge in [0.2, 0.25) is 5.91 Å². The molecule has 0 saturated carbocycles. The molecule has 0 spiro atoms. The first-order chi connectivity index (χ1) is 17.4. The number of rotatable bonds is 5. The number of methoxy groups -OCH3 is 1. The zero-order chi connectivity index (χ0) is 25.4. The molecule has 1 aliphatic heterocycles. The van der Waals surface area contributed by atoms with E-state index < -0.39 is 0 Å². The fourth-order valence-electron chi connectivity index (χ4n) is 4.65. The van der Waals surface area contributed by atoms with Crippen molar-refractivity contribution >= 4 is 50.1 Å². The van der Waals surface area contributed by atoms with Gasteiger partial charge in [0.25, 0.3) is 5.56 Å². The van der Waals surface area contributed by atoms with Crippen molar-refractivity contribution in [2.45, 2.75) is 25.8 Å². The topological polar surface area (TPSA) is 74.8 Å². The highest BCUT2D eigenvalue weighted by atomic mass is 79.9. The molecule has 0 radical (unpaired) electrons. The minimum atomic E-state index is -0.362. The Balaban J connectivity index is 1.75. The average molecular weight is 565 g/mol. The second kappa shape index (κ2) is 9.91. The number of ether oxygens (including phenoxy) is 1. The third-order valence-electron chi connectivity index (χ3n) is 6.35. The standard InChI is InChI=1S/C28H23BrClN3O3/c1-3-25(34)33-24(16-7-6-8-18(13-16)36-2)15-23(32-33)27-26(19-9-4-5-10-21(19)30)20-14-17(29)11-12-22(20)31-28(27)35/h4-14,24H,3,15H2,1-2H3,(H,31,35). The number of hydrogen-bond acceptors (Lipinski definition) is 4. The molecule has 0 aliphatic carbocycles. The van der Waals surface area contributed by atoms with Crippen LogP contribution in [0, 0.1) is 0 Å². The molecule has 6 nitrogen and oxygen atoms in total. The van der Waals surface area contributed by atoms with E-state index in [0.29, 0.717) is 39.5 Å². The largest absolute Gasteiger partial charge is 0.497 e. The molecule has 1 aliphatic rings. The summed E-state index contributed by atoms with van der Waals surface area (Å²) in [6.07, 6.45) is 0.661. The molecule has 0 fully saturated rings. The Kier molecular flexibility index (Phi) is 6.69. The molecular formula is C28H23BrClN3O3. The van der Waals surface area contributed by atoms with E-state index in [-0.39, 0.29) is 23.9 Å². The Morgan fingerprint density at radius 2 is 1.94 bits per heavy atom. The number of H-pyrrole nitrogens is 1. The number of benzene rings is 3. The molecule has 0 saturated heterocycles. The fraction of sp³-hybridized carbons (Fsp3) is 0.179. The third kappa shape index (κ3) is 4.33. The van der Waals surface area contributed by atoms with Crippen molar-refractivity contribution in [2.24, 2.45) is 5.10 Å². The molecule has 0 bridgehead atoms. The van der Waals surface area contributed by atoms with Gasteiger partial charge in [-0.25, -0.2) is 5.01 Å². The number of carbonyl (C=O) groups excluding carboxylic acids is 1. The Morgan fingerprint density at radius 1 is 1.14 bits per heavy atom. The number of nitrogens with one attached hydrogen (secondary N) is 1. The maximum atomic E-state index is 13.6. The van der Waals surface area contributed by atoms with Crippen molar-refractivity contribution < 1.29 is 9.53 Å². The van der Waals surface area contributed by atoms with E-state index in [9.17, 15) is 9.59 Å². The highest BCUT2D eigenvalue weighted by molar-refractivity contribution is 9.10. The van der Waals surface area contributed by atoms with Crippen LogP contribution < -0.4 is 10.3 Å². The molecule has 2 heterocycles. The van der Waals surface area contributed by atoms with E-state index in [4.69, 9.17) is 21.4 Å². The van der Waals surface area contributed by atoms with Gasteiger partial charge in [-0.1, -0.05) is 64.8 Å². The number of pyridine rings is 1. The van der Waals surface area contributed by atoms with Gasteiger partial charge in [0.15, 0.2) is 0 Å². The van der Waals surface area contributed by atoms with Gasteiger partial charge in [0.1, 0.15) is 5.75 Å². The number of aromatic nitrogens is 1. The van der Waals surface area contributed by atoms with Gasteiger partial charge in [-0.05, 0) is 42.0 Å². The number of amides is 1. The summed E-state index contributed by atoms with van der Waals surface area (Å²) in [5, 5.41) is 7.57. The SMILES string of the molecule is CCC(=O)N1N=C(c2c(-c3ccccc3Cl)c3cc(Br)ccc3[nH]c2=O)CC1c1cccc(OC)c1. The van der Waals surface area contributed by atoms with Gasteiger partial charge in [-0.2, -0.15) is 5.10 Å². The number of carbonyl (C=O) groups is 1. The van der Waals surface area contributed by atoms with Crippen molar-refractivity contribution in [1.82, 2.24) is 9.99 Å². The second-order valence-corrected chi connectivity index (χ2v) is 9.83. The maximum absolute atomic E-state index is 13.6. The maximum Gasteiger partial charge on any atom is 0.258 e. The number of fused-ring (bicyclic) bond motifs is 1. The monoisotopic (exact) mass is 563 g/mol. The Morgan fingerprint density at radius 3 is 2.69 bits per heavy atom. The molecule has 1 atom stereocenters. The van der Waals surface area contributed by atoms with E-state index in [2.05, 4.69) is 20.9 Å². The molecule has 8 heteroatoms. The van der Waals surface area contributed by atoms with Gasteiger partial charge in [-0.3, -0.25) is 9.59 Å². The van der Waals surface area contributed by atoms with Crippen molar-refractivity contribution in [3.8, 4) is 16.9 Å². The van der Waals surface area contributed by atoms with Crippen LogP contribution in [-0.4, -0.2) is 28.7 Å². The lowest BCUT2D eigenvalue weighted by atomic mass is 9.91. The van der Waals surface area contributed by atoms with Gasteiger partial charge in [0, 0.05) is 44.4 Å². The molecule has 1 unspecified atom stereocenters. The fourth-order valence-corrected chi connectivity index (χ4v) is 5.24. The molecular weight excluding hydrogens is 542 g/mol. The van der Waals surface area contributed by atoms with Crippen LogP contribution in [0.3, 0.4) is 0 Å². The van der Waals surface area contributed by atoms with Crippen molar-refractivity contribution in [1.29, 1.82) is 0 Å². The summed E-state index contributed by atoms with van der Waals surface area (Å²) >= 11 is 10.2. The zero-order valence-electron chi connectivity index (χ0n) is 19.7. The summed E-state index contributed by atoms with van der Waals surface area (Å²) in [5.41, 5.74) is 3.64. The lowest BCUT2D eigenvalue weighted by molar-refractivity contribution is -0.132. The Hall–Kier alpha value is -3.42. The summed E-state index contributed by atoms with van der Waals surface area (Å²) in [5.74, 6) is 0.562. The van der Waals surface area contributed by atoms with E-state index in [1.165, 1.54) is 5.01 Å². The lowest BCUT2D eigenvalue weighted by Crippen LogP contribution is -2.26. The smallest absolute Gasteiger partial charge is 0.258 e. The van der Waals surface area contributed by atoms with Gasteiger partial charge in [-0.15, -0.1) is 0 Å². The van der Waals surface area contributed by atoms with Crippen LogP contribution in [0.15, 0.2) is 81.1 Å². The van der Waals surface area contributed by atoms with Crippen molar-refractivity contribution in [3.63, 3.8) is 0 Å². The van der Waals surface area contributed by atoms with Crippen LogP contribution >= 0.6 is 27.5 Å². The van der Waals surface area contributed by atoms with E-state index in [1.807, 2.05) is 60.7 Å². The van der Waals surface area contributed by atoms with Crippen LogP contribution in [0.2, 0.25) is 5.02 Å². The van der Waals surface area contributed by atoms with E-state index >= 15 is 0 Å². The molecule has 1 aromatic heterocycles. The van der Waals surface area contributed by atoms with Gasteiger partial charge in [0.05, 0.1) is 24.4 Å². The predicted octanol–water partition coefficient (Wildman–Crippen LogP) is 6.71. The second-order valence-electron chi connectivity index (χ2n) is 8.51. The summed E-state index contributed by atoms with van der Waals surface area (Å²) < 4.78 is 6.27. The number of aromatic amines is 1. The highest BCUT2D eigenvalue weighted by Crippen LogP contribution is 2.40. The van der Waals surface area contributed by atoms with Crippen LogP contribution in [0.1, 0.15) is 36.9 Å². The summed E-state index contributed by atoms with van der Waals surface area (Å²) in [4.78, 5) is 29.5. The molecule has 4 aromatic rings. The molecule has 1 N–H and O–H groups in total. The third-order valence-corrected chi connectivity index (χ3v) is 7.18. The average Bonchev–Trinajstić information content (AvgIpc) is 3.33. The summed E-state index contributed by atoms with van der Waals surface area (Å²) in [7, 11) is 1.60. The molecule has 5 rings (SSSR count). The minimum absolute atomic E-state index is 0.128. The quantitative estimate of drug-likeness (QED) is 0.293. The normalized spacial score (nSPS) is 15.3. The highest BCUT2D eigenvalue weighted by Gasteiger charge is 2.35. The first-order valence-electron chi connectivity index (χ1n) is 11.6. The molecule has 1 amide bonds. The first kappa shape index (κ1) is 24.3. The Bertz CT molecular complexity index is 1580. The molecule has 3 aromatic carbocycles. The van der Waals surface area contributed by atoms with E-state index in [1.54, 1.807) is 20.1 Å². The first-order valence-corrected chi connectivity index (χ1v) is 12.7. The molecule has 182 valence electrons. The van der Waals surface area contributed by atoms with Crippen LogP contribution in [0.4, 0.5) is 0 Å². The van der Waals surface area contributed by atoms with Crippen LogP contribution in [0.25, 0.3) is 22.0 Å².